The van der Waals surface area contributed by atoms with Crippen molar-refractivity contribution in [1.82, 2.24) is 4.90 Å². The Kier molecular flexibility index (Phi) is 7.65. The van der Waals surface area contributed by atoms with Gasteiger partial charge in [0.25, 0.3) is 5.91 Å². The van der Waals surface area contributed by atoms with Crippen molar-refractivity contribution in [1.29, 1.82) is 0 Å². The number of carbonyl (C=O) groups excluding carboxylic acids is 3. The topological polar surface area (TPSA) is 90.5 Å². The average Bonchev–Trinajstić information content (AvgIpc) is 2.78. The first-order valence-corrected chi connectivity index (χ1v) is 10.8. The van der Waals surface area contributed by atoms with Crippen molar-refractivity contribution in [2.75, 3.05) is 35.6 Å². The quantitative estimate of drug-likeness (QED) is 0.630. The molecule has 0 aromatic heterocycles. The van der Waals surface area contributed by atoms with Gasteiger partial charge in [0.15, 0.2) is 0 Å². The molecule has 0 unspecified atom stereocenters. The molecular weight excluding hydrogens is 392 g/mol. The number of nitrogens with zero attached hydrogens (tertiary/aromatic N) is 1. The third-order valence-corrected chi connectivity index (χ3v) is 5.17. The Balaban J connectivity index is 1.49. The van der Waals surface area contributed by atoms with Crippen LogP contribution in [-0.2, 0) is 9.59 Å². The summed E-state index contributed by atoms with van der Waals surface area (Å²) in [6, 6.07) is 14.2. The molecule has 1 fully saturated rings. The standard InChI is InChI=1S/C24H30N4O3/c1-17(2)23(30)27-21-8-6-7-20(15-21)25-16-22(29)26-19-11-9-18(10-12-19)24(31)28-13-4-3-5-14-28/h6-12,15,17,25H,3-5,13-14,16H2,1-2H3,(H,26,29)(H,27,30). The summed E-state index contributed by atoms with van der Waals surface area (Å²) < 4.78 is 0. The first-order valence-electron chi connectivity index (χ1n) is 10.8. The van der Waals surface area contributed by atoms with Crippen LogP contribution in [0.15, 0.2) is 48.5 Å². The molecule has 3 rings (SSSR count). The Hall–Kier alpha value is -3.35. The normalized spacial score (nSPS) is 13.6. The van der Waals surface area contributed by atoms with E-state index in [0.29, 0.717) is 16.9 Å². The van der Waals surface area contributed by atoms with E-state index in [1.807, 2.05) is 30.9 Å². The SMILES string of the molecule is CC(C)C(=O)Nc1cccc(NCC(=O)Nc2ccc(C(=O)N3CCCCC3)cc2)c1. The van der Waals surface area contributed by atoms with Gasteiger partial charge in [-0.05, 0) is 61.7 Å². The van der Waals surface area contributed by atoms with E-state index in [1.54, 1.807) is 36.4 Å². The molecule has 7 nitrogen and oxygen atoms in total. The van der Waals surface area contributed by atoms with E-state index in [9.17, 15) is 14.4 Å². The van der Waals surface area contributed by atoms with Crippen LogP contribution >= 0.6 is 0 Å². The van der Waals surface area contributed by atoms with Crippen LogP contribution in [0.3, 0.4) is 0 Å². The zero-order valence-corrected chi connectivity index (χ0v) is 18.1. The predicted molar refractivity (Wildman–Crippen MR) is 123 cm³/mol. The smallest absolute Gasteiger partial charge is 0.253 e. The second-order valence-corrected chi connectivity index (χ2v) is 8.06. The van der Waals surface area contributed by atoms with Crippen molar-refractivity contribution < 1.29 is 14.4 Å². The van der Waals surface area contributed by atoms with E-state index in [0.717, 1.165) is 31.6 Å². The van der Waals surface area contributed by atoms with Crippen LogP contribution < -0.4 is 16.0 Å². The summed E-state index contributed by atoms with van der Waals surface area (Å²) in [6.07, 6.45) is 3.29. The molecule has 2 aromatic carbocycles. The molecule has 3 amide bonds. The van der Waals surface area contributed by atoms with E-state index in [4.69, 9.17) is 0 Å². The van der Waals surface area contributed by atoms with Crippen molar-refractivity contribution in [3.8, 4) is 0 Å². The maximum absolute atomic E-state index is 12.5. The van der Waals surface area contributed by atoms with Crippen LogP contribution in [0.5, 0.6) is 0 Å². The highest BCUT2D eigenvalue weighted by atomic mass is 16.2. The van der Waals surface area contributed by atoms with Crippen molar-refractivity contribution >= 4 is 34.8 Å². The van der Waals surface area contributed by atoms with Crippen LogP contribution in [0.1, 0.15) is 43.5 Å². The van der Waals surface area contributed by atoms with Crippen molar-refractivity contribution in [2.24, 2.45) is 5.92 Å². The summed E-state index contributed by atoms with van der Waals surface area (Å²) >= 11 is 0. The zero-order chi connectivity index (χ0) is 22.2. The number of hydrogen-bond acceptors (Lipinski definition) is 4. The molecule has 3 N–H and O–H groups in total. The minimum atomic E-state index is -0.202. The molecule has 1 aliphatic heterocycles. The van der Waals surface area contributed by atoms with Crippen LogP contribution in [0.25, 0.3) is 0 Å². The summed E-state index contributed by atoms with van der Waals surface area (Å²) in [6.45, 7) is 5.36. The van der Waals surface area contributed by atoms with Gasteiger partial charge in [0, 0.05) is 41.6 Å². The van der Waals surface area contributed by atoms with E-state index in [-0.39, 0.29) is 30.2 Å². The number of hydrogen-bond donors (Lipinski definition) is 3. The highest BCUT2D eigenvalue weighted by molar-refractivity contribution is 5.97. The minimum absolute atomic E-state index is 0.0451. The molecule has 31 heavy (non-hydrogen) atoms. The summed E-state index contributed by atoms with van der Waals surface area (Å²) in [4.78, 5) is 38.5. The minimum Gasteiger partial charge on any atom is -0.376 e. The zero-order valence-electron chi connectivity index (χ0n) is 18.1. The Labute approximate surface area is 183 Å². The highest BCUT2D eigenvalue weighted by Crippen LogP contribution is 2.17. The monoisotopic (exact) mass is 422 g/mol. The Morgan fingerprint density at radius 3 is 2.23 bits per heavy atom. The molecule has 2 aromatic rings. The van der Waals surface area contributed by atoms with Gasteiger partial charge >= 0.3 is 0 Å². The lowest BCUT2D eigenvalue weighted by atomic mass is 10.1. The second-order valence-electron chi connectivity index (χ2n) is 8.06. The molecule has 0 spiro atoms. The number of benzene rings is 2. The van der Waals surface area contributed by atoms with Crippen molar-refractivity contribution in [2.45, 2.75) is 33.1 Å². The lowest BCUT2D eigenvalue weighted by Crippen LogP contribution is -2.35. The lowest BCUT2D eigenvalue weighted by Gasteiger charge is -2.26. The largest absolute Gasteiger partial charge is 0.376 e. The van der Waals surface area contributed by atoms with Crippen LogP contribution in [0.2, 0.25) is 0 Å². The Morgan fingerprint density at radius 2 is 1.55 bits per heavy atom. The molecule has 0 saturated carbocycles. The maximum atomic E-state index is 12.5. The van der Waals surface area contributed by atoms with E-state index in [1.165, 1.54) is 6.42 Å². The van der Waals surface area contributed by atoms with Crippen molar-refractivity contribution in [3.63, 3.8) is 0 Å². The number of nitrogens with one attached hydrogen (secondary N) is 3. The number of anilines is 3. The maximum Gasteiger partial charge on any atom is 0.253 e. The second kappa shape index (κ2) is 10.6. The van der Waals surface area contributed by atoms with Crippen LogP contribution in [0.4, 0.5) is 17.1 Å². The number of rotatable bonds is 7. The highest BCUT2D eigenvalue weighted by Gasteiger charge is 2.18. The first kappa shape index (κ1) is 22.3. The predicted octanol–water partition coefficient (Wildman–Crippen LogP) is 3.96. The van der Waals surface area contributed by atoms with Gasteiger partial charge in [0.2, 0.25) is 11.8 Å². The first-order chi connectivity index (χ1) is 14.9. The molecule has 1 aliphatic rings. The Bertz CT molecular complexity index is 919. The van der Waals surface area contributed by atoms with Gasteiger partial charge in [0.1, 0.15) is 0 Å². The molecule has 0 aliphatic carbocycles. The fraction of sp³-hybridized carbons (Fsp3) is 0.375. The summed E-state index contributed by atoms with van der Waals surface area (Å²) in [7, 11) is 0. The van der Waals surface area contributed by atoms with Gasteiger partial charge in [0.05, 0.1) is 6.54 Å². The summed E-state index contributed by atoms with van der Waals surface area (Å²) in [5.41, 5.74) is 2.69. The van der Waals surface area contributed by atoms with Gasteiger partial charge in [-0.1, -0.05) is 19.9 Å². The van der Waals surface area contributed by atoms with E-state index in [2.05, 4.69) is 16.0 Å². The molecule has 0 radical (unpaired) electrons. The molecule has 0 atom stereocenters. The third-order valence-electron chi connectivity index (χ3n) is 5.17. The number of piperidine rings is 1. The Morgan fingerprint density at radius 1 is 0.871 bits per heavy atom. The summed E-state index contributed by atoms with van der Waals surface area (Å²) in [5, 5.41) is 8.72. The van der Waals surface area contributed by atoms with Gasteiger partial charge in [-0.25, -0.2) is 0 Å². The molecule has 1 heterocycles. The molecule has 7 heteroatoms. The summed E-state index contributed by atoms with van der Waals surface area (Å²) in [5.74, 6) is -0.323. The molecule has 0 bridgehead atoms. The molecular formula is C24H30N4O3. The van der Waals surface area contributed by atoms with Crippen LogP contribution in [0, 0.1) is 5.92 Å². The van der Waals surface area contributed by atoms with E-state index < -0.39 is 0 Å². The van der Waals surface area contributed by atoms with Crippen LogP contribution in [-0.4, -0.2) is 42.3 Å². The van der Waals surface area contributed by atoms with Gasteiger partial charge in [-0.15, -0.1) is 0 Å². The third kappa shape index (κ3) is 6.57. The van der Waals surface area contributed by atoms with Gasteiger partial charge < -0.3 is 20.9 Å². The number of amides is 3. The van der Waals surface area contributed by atoms with Crippen molar-refractivity contribution in [3.05, 3.63) is 54.1 Å². The average molecular weight is 423 g/mol. The number of likely N-dealkylation sites (tertiary alicyclic amines) is 1. The number of carbonyl (C=O) groups is 3. The lowest BCUT2D eigenvalue weighted by molar-refractivity contribution is -0.119. The van der Waals surface area contributed by atoms with Gasteiger partial charge in [-0.2, -0.15) is 0 Å². The molecule has 1 saturated heterocycles. The van der Waals surface area contributed by atoms with Gasteiger partial charge in [-0.3, -0.25) is 14.4 Å². The fourth-order valence-corrected chi connectivity index (χ4v) is 3.36. The molecule has 164 valence electrons. The van der Waals surface area contributed by atoms with E-state index >= 15 is 0 Å². The fourth-order valence-electron chi connectivity index (χ4n) is 3.36.